The quantitative estimate of drug-likeness (QED) is 0.757. The van der Waals surface area contributed by atoms with Crippen molar-refractivity contribution in [1.82, 2.24) is 10.2 Å². The van der Waals surface area contributed by atoms with E-state index >= 15 is 0 Å². The standard InChI is InChI=1S/C17H23ClN2O4/c18-13-14(19-11-6-4-5-10(9-11)17(23)24)16(22)20(15(13)21)12-7-2-1-3-8-12/h10-12,19H,1-9H2,(H,23,24). The summed E-state index contributed by atoms with van der Waals surface area (Å²) in [4.78, 5) is 37.6. The highest BCUT2D eigenvalue weighted by Gasteiger charge is 2.43. The Balaban J connectivity index is 1.69. The molecule has 0 saturated heterocycles. The van der Waals surface area contributed by atoms with Gasteiger partial charge in [0.15, 0.2) is 0 Å². The molecule has 1 heterocycles. The second-order valence-corrected chi connectivity index (χ2v) is 7.38. The third kappa shape index (κ3) is 3.29. The molecule has 3 rings (SSSR count). The number of carboxylic acid groups (broad SMARTS) is 1. The fraction of sp³-hybridized carbons (Fsp3) is 0.706. The molecule has 0 aromatic heterocycles. The molecule has 2 amide bonds. The molecule has 2 unspecified atom stereocenters. The highest BCUT2D eigenvalue weighted by atomic mass is 35.5. The van der Waals surface area contributed by atoms with Gasteiger partial charge in [-0.05, 0) is 32.1 Å². The lowest BCUT2D eigenvalue weighted by Crippen LogP contribution is -2.44. The first kappa shape index (κ1) is 17.3. The molecule has 2 aliphatic carbocycles. The Labute approximate surface area is 146 Å². The van der Waals surface area contributed by atoms with Crippen LogP contribution in [0.5, 0.6) is 0 Å². The van der Waals surface area contributed by atoms with Crippen LogP contribution in [-0.4, -0.2) is 39.9 Å². The van der Waals surface area contributed by atoms with Crippen LogP contribution in [0.15, 0.2) is 10.7 Å². The zero-order valence-corrected chi connectivity index (χ0v) is 14.3. The van der Waals surface area contributed by atoms with E-state index in [-0.39, 0.29) is 28.7 Å². The van der Waals surface area contributed by atoms with Crippen molar-refractivity contribution in [2.24, 2.45) is 5.92 Å². The van der Waals surface area contributed by atoms with Crippen molar-refractivity contribution in [2.45, 2.75) is 69.9 Å². The highest BCUT2D eigenvalue weighted by molar-refractivity contribution is 6.47. The molecule has 0 aromatic carbocycles. The van der Waals surface area contributed by atoms with Crippen LogP contribution in [0, 0.1) is 5.92 Å². The van der Waals surface area contributed by atoms with Crippen LogP contribution < -0.4 is 5.32 Å². The monoisotopic (exact) mass is 354 g/mol. The van der Waals surface area contributed by atoms with E-state index in [9.17, 15) is 19.5 Å². The zero-order chi connectivity index (χ0) is 17.3. The highest BCUT2D eigenvalue weighted by Crippen LogP contribution is 2.32. The third-order valence-electron chi connectivity index (χ3n) is 5.37. The smallest absolute Gasteiger partial charge is 0.306 e. The number of rotatable bonds is 4. The number of halogens is 1. The average Bonchev–Trinajstić information content (AvgIpc) is 2.79. The number of nitrogens with zero attached hydrogens (tertiary/aromatic N) is 1. The van der Waals surface area contributed by atoms with Crippen molar-refractivity contribution in [2.75, 3.05) is 0 Å². The first-order chi connectivity index (χ1) is 11.5. The van der Waals surface area contributed by atoms with Crippen molar-refractivity contribution in [1.29, 1.82) is 0 Å². The van der Waals surface area contributed by atoms with Crippen molar-refractivity contribution in [3.8, 4) is 0 Å². The van der Waals surface area contributed by atoms with Gasteiger partial charge >= 0.3 is 5.97 Å². The van der Waals surface area contributed by atoms with Crippen LogP contribution in [0.4, 0.5) is 0 Å². The van der Waals surface area contributed by atoms with E-state index in [2.05, 4.69) is 5.32 Å². The Morgan fingerprint density at radius 1 is 1.04 bits per heavy atom. The van der Waals surface area contributed by atoms with E-state index in [1.807, 2.05) is 0 Å². The number of amides is 2. The molecular formula is C17H23ClN2O4. The van der Waals surface area contributed by atoms with E-state index in [0.717, 1.165) is 44.9 Å². The van der Waals surface area contributed by atoms with Crippen molar-refractivity contribution >= 4 is 29.4 Å². The fourth-order valence-electron chi connectivity index (χ4n) is 4.06. The van der Waals surface area contributed by atoms with Gasteiger partial charge in [0.25, 0.3) is 11.8 Å². The van der Waals surface area contributed by atoms with Gasteiger partial charge in [-0.1, -0.05) is 37.3 Å². The summed E-state index contributed by atoms with van der Waals surface area (Å²) in [5.41, 5.74) is 0.156. The summed E-state index contributed by atoms with van der Waals surface area (Å²) in [5, 5.41) is 12.2. The number of nitrogens with one attached hydrogen (secondary N) is 1. The predicted octanol–water partition coefficient (Wildman–Crippen LogP) is 2.37. The van der Waals surface area contributed by atoms with Gasteiger partial charge in [0, 0.05) is 12.1 Å². The molecule has 0 bridgehead atoms. The van der Waals surface area contributed by atoms with Gasteiger partial charge in [-0.15, -0.1) is 0 Å². The first-order valence-corrected chi connectivity index (χ1v) is 9.14. The minimum absolute atomic E-state index is 0.0528. The number of carboxylic acids is 1. The van der Waals surface area contributed by atoms with Gasteiger partial charge in [0.2, 0.25) is 0 Å². The third-order valence-corrected chi connectivity index (χ3v) is 5.72. The fourth-order valence-corrected chi connectivity index (χ4v) is 4.29. The van der Waals surface area contributed by atoms with Crippen molar-refractivity contribution < 1.29 is 19.5 Å². The molecular weight excluding hydrogens is 332 g/mol. The van der Waals surface area contributed by atoms with Gasteiger partial charge in [0.05, 0.1) is 5.92 Å². The maximum atomic E-state index is 12.7. The maximum Gasteiger partial charge on any atom is 0.306 e. The van der Waals surface area contributed by atoms with Crippen LogP contribution in [0.3, 0.4) is 0 Å². The predicted molar refractivity (Wildman–Crippen MR) is 88.1 cm³/mol. The molecule has 2 N–H and O–H groups in total. The number of hydrogen-bond donors (Lipinski definition) is 2. The lowest BCUT2D eigenvalue weighted by molar-refractivity contribution is -0.143. The van der Waals surface area contributed by atoms with E-state index in [4.69, 9.17) is 11.6 Å². The van der Waals surface area contributed by atoms with E-state index in [0.29, 0.717) is 12.8 Å². The summed E-state index contributed by atoms with van der Waals surface area (Å²) in [6, 6.07) is -0.198. The second kappa shape index (κ2) is 7.13. The summed E-state index contributed by atoms with van der Waals surface area (Å²) in [7, 11) is 0. The van der Waals surface area contributed by atoms with Gasteiger partial charge in [-0.3, -0.25) is 19.3 Å². The average molecular weight is 355 g/mol. The van der Waals surface area contributed by atoms with Gasteiger partial charge in [-0.2, -0.15) is 0 Å². The zero-order valence-electron chi connectivity index (χ0n) is 13.6. The molecule has 0 spiro atoms. The molecule has 1 aliphatic heterocycles. The van der Waals surface area contributed by atoms with E-state index in [1.165, 1.54) is 4.90 Å². The van der Waals surface area contributed by atoms with Crippen LogP contribution in [0.2, 0.25) is 0 Å². The molecule has 0 aromatic rings. The normalized spacial score (nSPS) is 29.3. The van der Waals surface area contributed by atoms with Crippen LogP contribution in [0.25, 0.3) is 0 Å². The van der Waals surface area contributed by atoms with Crippen LogP contribution >= 0.6 is 11.6 Å². The number of carbonyl (C=O) groups is 3. The van der Waals surface area contributed by atoms with Crippen LogP contribution in [-0.2, 0) is 14.4 Å². The molecule has 2 fully saturated rings. The number of carbonyl (C=O) groups excluding carboxylic acids is 2. The summed E-state index contributed by atoms with van der Waals surface area (Å²) in [6.45, 7) is 0. The summed E-state index contributed by atoms with van der Waals surface area (Å²) in [6.07, 6.45) is 7.51. The van der Waals surface area contributed by atoms with Gasteiger partial charge in [0.1, 0.15) is 10.7 Å². The number of imide groups is 1. The molecule has 7 heteroatoms. The maximum absolute atomic E-state index is 12.7. The summed E-state index contributed by atoms with van der Waals surface area (Å²) < 4.78 is 0. The van der Waals surface area contributed by atoms with E-state index in [1.54, 1.807) is 0 Å². The van der Waals surface area contributed by atoms with Gasteiger partial charge in [-0.25, -0.2) is 0 Å². The topological polar surface area (TPSA) is 86.7 Å². The Hall–Kier alpha value is -1.56. The molecule has 3 aliphatic rings. The Kier molecular flexibility index (Phi) is 5.13. The summed E-state index contributed by atoms with van der Waals surface area (Å²) in [5.74, 6) is -1.98. The lowest BCUT2D eigenvalue weighted by Gasteiger charge is -2.31. The number of hydrogen-bond acceptors (Lipinski definition) is 4. The minimum atomic E-state index is -0.806. The molecule has 132 valence electrons. The summed E-state index contributed by atoms with van der Waals surface area (Å²) >= 11 is 6.14. The van der Waals surface area contributed by atoms with Gasteiger partial charge < -0.3 is 10.4 Å². The first-order valence-electron chi connectivity index (χ1n) is 8.76. The SMILES string of the molecule is O=C(O)C1CCCC(NC2=C(Cl)C(=O)N(C3CCCCC3)C2=O)C1. The molecule has 0 radical (unpaired) electrons. The molecule has 24 heavy (non-hydrogen) atoms. The number of aliphatic carboxylic acids is 1. The second-order valence-electron chi connectivity index (χ2n) is 7.00. The largest absolute Gasteiger partial charge is 0.481 e. The Morgan fingerprint density at radius 3 is 2.42 bits per heavy atom. The van der Waals surface area contributed by atoms with Crippen molar-refractivity contribution in [3.63, 3.8) is 0 Å². The Morgan fingerprint density at radius 2 is 1.75 bits per heavy atom. The van der Waals surface area contributed by atoms with Crippen LogP contribution in [0.1, 0.15) is 57.8 Å². The Bertz CT molecular complexity index is 583. The van der Waals surface area contributed by atoms with E-state index < -0.39 is 17.8 Å². The van der Waals surface area contributed by atoms with Crippen molar-refractivity contribution in [3.05, 3.63) is 10.7 Å². The molecule has 2 saturated carbocycles. The lowest BCUT2D eigenvalue weighted by atomic mass is 9.85. The minimum Gasteiger partial charge on any atom is -0.481 e. The molecule has 6 nitrogen and oxygen atoms in total. The molecule has 2 atom stereocenters.